The number of hydrogen-bond donors (Lipinski definition) is 4. The summed E-state index contributed by atoms with van der Waals surface area (Å²) in [7, 11) is 3.94. The maximum absolute atomic E-state index is 12.7. The van der Waals surface area contributed by atoms with Crippen molar-refractivity contribution in [2.75, 3.05) is 21.3 Å². The van der Waals surface area contributed by atoms with Crippen LogP contribution in [0.1, 0.15) is 15.9 Å². The Hall–Kier alpha value is -5.76. The Balaban J connectivity index is 1.10. The van der Waals surface area contributed by atoms with Crippen LogP contribution in [0.4, 0.5) is 34.1 Å². The molecule has 0 unspecified atom stereocenters. The summed E-state index contributed by atoms with van der Waals surface area (Å²) in [4.78, 5) is 25.2. The van der Waals surface area contributed by atoms with Crippen molar-refractivity contribution in [2.24, 2.45) is 14.1 Å². The van der Waals surface area contributed by atoms with E-state index in [4.69, 9.17) is 0 Å². The van der Waals surface area contributed by atoms with E-state index >= 15 is 0 Å². The van der Waals surface area contributed by atoms with Crippen molar-refractivity contribution < 1.29 is 18.7 Å². The minimum absolute atomic E-state index is 0.209. The fraction of sp³-hybridized carbons (Fsp3) is 0.0588. The summed E-state index contributed by atoms with van der Waals surface area (Å²) >= 11 is 0. The van der Waals surface area contributed by atoms with Gasteiger partial charge in [-0.15, -0.1) is 0 Å². The molecule has 208 valence electrons. The fourth-order valence-corrected chi connectivity index (χ4v) is 4.08. The highest BCUT2D eigenvalue weighted by atomic mass is 16.2. The van der Waals surface area contributed by atoms with E-state index < -0.39 is 0 Å². The molecule has 0 radical (unpaired) electrons. The molecule has 42 heavy (non-hydrogen) atoms. The molecular formula is C34H32N6O2+2. The molecule has 8 nitrogen and oxygen atoms in total. The predicted octanol–water partition coefficient (Wildman–Crippen LogP) is 5.73. The first-order chi connectivity index (χ1) is 20.4. The normalized spacial score (nSPS) is 10.7. The molecule has 0 saturated carbocycles. The number of benzene rings is 3. The van der Waals surface area contributed by atoms with Crippen LogP contribution in [0.3, 0.4) is 0 Å². The van der Waals surface area contributed by atoms with E-state index in [0.717, 1.165) is 28.3 Å². The summed E-state index contributed by atoms with van der Waals surface area (Å²) in [6.07, 6.45) is 11.1. The lowest BCUT2D eigenvalue weighted by Crippen LogP contribution is -2.25. The van der Waals surface area contributed by atoms with E-state index in [1.807, 2.05) is 121 Å². The summed E-state index contributed by atoms with van der Waals surface area (Å²) in [5.41, 5.74) is 6.54. The number of aryl methyl sites for hydroxylation is 2. The Morgan fingerprint density at radius 1 is 0.524 bits per heavy atom. The van der Waals surface area contributed by atoms with Crippen molar-refractivity contribution in [1.29, 1.82) is 0 Å². The van der Waals surface area contributed by atoms with E-state index in [2.05, 4.69) is 21.3 Å². The Morgan fingerprint density at radius 2 is 0.929 bits per heavy atom. The van der Waals surface area contributed by atoms with E-state index in [1.165, 1.54) is 6.08 Å². The van der Waals surface area contributed by atoms with Gasteiger partial charge in [0.1, 0.15) is 14.1 Å². The fourth-order valence-electron chi connectivity index (χ4n) is 4.08. The summed E-state index contributed by atoms with van der Waals surface area (Å²) < 4.78 is 3.93. The topological polar surface area (TPSA) is 90.0 Å². The summed E-state index contributed by atoms with van der Waals surface area (Å²) in [6, 6.07) is 30.1. The Kier molecular flexibility index (Phi) is 8.64. The summed E-state index contributed by atoms with van der Waals surface area (Å²) in [5, 5.41) is 12.4. The van der Waals surface area contributed by atoms with Gasteiger partial charge in [-0.1, -0.05) is 12.1 Å². The van der Waals surface area contributed by atoms with Crippen LogP contribution >= 0.6 is 0 Å². The van der Waals surface area contributed by atoms with Gasteiger partial charge in [0, 0.05) is 58.7 Å². The zero-order valence-corrected chi connectivity index (χ0v) is 23.4. The molecule has 2 aromatic heterocycles. The Bertz CT molecular complexity index is 1680. The van der Waals surface area contributed by atoms with Crippen molar-refractivity contribution >= 4 is 52.0 Å². The lowest BCUT2D eigenvalue weighted by Gasteiger charge is -2.09. The first kappa shape index (κ1) is 27.8. The molecule has 0 aliphatic carbocycles. The highest BCUT2D eigenvalue weighted by molar-refractivity contribution is 6.05. The molecule has 0 spiro atoms. The molecule has 0 aliphatic heterocycles. The maximum atomic E-state index is 12.7. The zero-order chi connectivity index (χ0) is 29.3. The summed E-state index contributed by atoms with van der Waals surface area (Å²) in [5.74, 6) is -0.453. The molecule has 5 aromatic rings. The number of amides is 2. The minimum atomic E-state index is -0.243. The minimum Gasteiger partial charge on any atom is -0.355 e. The molecule has 0 bridgehead atoms. The van der Waals surface area contributed by atoms with Gasteiger partial charge in [0.2, 0.25) is 5.91 Å². The van der Waals surface area contributed by atoms with Crippen molar-refractivity contribution in [2.45, 2.75) is 0 Å². The third-order valence-electron chi connectivity index (χ3n) is 6.43. The average molecular weight is 557 g/mol. The van der Waals surface area contributed by atoms with Gasteiger partial charge in [-0.3, -0.25) is 9.59 Å². The highest BCUT2D eigenvalue weighted by Gasteiger charge is 2.07. The standard InChI is InChI=1S/C34H30N6O2/c1-39-21-17-31(18-22-39)35-27-8-12-29(13-9-27)37-33(41)16-5-25-3-6-26(7-4-25)34(42)38-30-14-10-28(11-15-30)36-32-19-23-40(2)24-20-32/h3-24H,1-2H3,(H2,37,38,41,42)/p+2. The van der Waals surface area contributed by atoms with Crippen LogP contribution in [0.2, 0.25) is 0 Å². The van der Waals surface area contributed by atoms with Crippen LogP contribution in [0.25, 0.3) is 6.08 Å². The second-order valence-corrected chi connectivity index (χ2v) is 9.81. The average Bonchev–Trinajstić information content (AvgIpc) is 3.00. The molecule has 8 heteroatoms. The molecule has 2 amide bonds. The van der Waals surface area contributed by atoms with Crippen molar-refractivity contribution in [1.82, 2.24) is 0 Å². The number of pyridine rings is 2. The van der Waals surface area contributed by atoms with Crippen LogP contribution in [0.15, 0.2) is 128 Å². The van der Waals surface area contributed by atoms with E-state index in [9.17, 15) is 9.59 Å². The van der Waals surface area contributed by atoms with Crippen molar-refractivity contribution in [3.05, 3.63) is 139 Å². The number of hydrogen-bond acceptors (Lipinski definition) is 4. The number of carbonyl (C=O) groups is 2. The van der Waals surface area contributed by atoms with Crippen LogP contribution in [-0.4, -0.2) is 11.8 Å². The molecule has 0 fully saturated rings. The zero-order valence-electron chi connectivity index (χ0n) is 23.4. The predicted molar refractivity (Wildman–Crippen MR) is 167 cm³/mol. The smallest absolute Gasteiger partial charge is 0.255 e. The van der Waals surface area contributed by atoms with E-state index in [0.29, 0.717) is 16.9 Å². The lowest BCUT2D eigenvalue weighted by molar-refractivity contribution is -0.671. The number of rotatable bonds is 9. The van der Waals surface area contributed by atoms with Crippen LogP contribution < -0.4 is 30.4 Å². The van der Waals surface area contributed by atoms with Crippen molar-refractivity contribution in [3.63, 3.8) is 0 Å². The Morgan fingerprint density at radius 3 is 1.40 bits per heavy atom. The number of aromatic nitrogens is 2. The number of anilines is 6. The van der Waals surface area contributed by atoms with Gasteiger partial charge in [-0.05, 0) is 72.3 Å². The largest absolute Gasteiger partial charge is 0.355 e. The molecule has 5 rings (SSSR count). The van der Waals surface area contributed by atoms with Gasteiger partial charge < -0.3 is 21.3 Å². The third kappa shape index (κ3) is 7.89. The van der Waals surface area contributed by atoms with Gasteiger partial charge in [0.25, 0.3) is 5.91 Å². The molecule has 0 aliphatic rings. The number of nitrogens with one attached hydrogen (secondary N) is 4. The highest BCUT2D eigenvalue weighted by Crippen LogP contribution is 2.20. The van der Waals surface area contributed by atoms with Gasteiger partial charge in [0.05, 0.1) is 11.4 Å². The first-order valence-electron chi connectivity index (χ1n) is 13.4. The van der Waals surface area contributed by atoms with Gasteiger partial charge in [0.15, 0.2) is 24.8 Å². The third-order valence-corrected chi connectivity index (χ3v) is 6.43. The van der Waals surface area contributed by atoms with Gasteiger partial charge >= 0.3 is 0 Å². The molecule has 3 aromatic carbocycles. The van der Waals surface area contributed by atoms with Crippen LogP contribution in [0, 0.1) is 0 Å². The molecular weight excluding hydrogens is 524 g/mol. The molecule has 4 N–H and O–H groups in total. The van der Waals surface area contributed by atoms with E-state index in [-0.39, 0.29) is 11.8 Å². The van der Waals surface area contributed by atoms with Gasteiger partial charge in [-0.2, -0.15) is 0 Å². The summed E-state index contributed by atoms with van der Waals surface area (Å²) in [6.45, 7) is 0. The van der Waals surface area contributed by atoms with Crippen LogP contribution in [0.5, 0.6) is 0 Å². The van der Waals surface area contributed by atoms with Gasteiger partial charge in [-0.25, -0.2) is 9.13 Å². The number of nitrogens with zero attached hydrogens (tertiary/aromatic N) is 2. The molecule has 2 heterocycles. The van der Waals surface area contributed by atoms with Crippen LogP contribution in [-0.2, 0) is 18.9 Å². The number of carbonyl (C=O) groups excluding carboxylic acids is 2. The lowest BCUT2D eigenvalue weighted by atomic mass is 10.1. The first-order valence-corrected chi connectivity index (χ1v) is 13.4. The maximum Gasteiger partial charge on any atom is 0.255 e. The quantitative estimate of drug-likeness (QED) is 0.138. The second kappa shape index (κ2) is 13.1. The molecule has 0 saturated heterocycles. The SMILES string of the molecule is C[n+]1ccc(Nc2ccc(NC(=O)C=Cc3ccc(C(=O)Nc4ccc(Nc5cc[n+](C)cc5)cc4)cc3)cc2)cc1. The monoisotopic (exact) mass is 556 g/mol. The second-order valence-electron chi connectivity index (χ2n) is 9.81. The molecule has 0 atom stereocenters. The van der Waals surface area contributed by atoms with E-state index in [1.54, 1.807) is 30.3 Å². The van der Waals surface area contributed by atoms with Crippen molar-refractivity contribution in [3.8, 4) is 0 Å². The Labute approximate surface area is 245 Å².